The summed E-state index contributed by atoms with van der Waals surface area (Å²) in [6.45, 7) is 1.83. The predicted molar refractivity (Wildman–Crippen MR) is 83.2 cm³/mol. The number of hydrogen-bond donors (Lipinski definition) is 2. The Morgan fingerprint density at radius 1 is 1.27 bits per heavy atom. The van der Waals surface area contributed by atoms with Gasteiger partial charge in [-0.3, -0.25) is 0 Å². The van der Waals surface area contributed by atoms with Gasteiger partial charge in [0.2, 0.25) is 0 Å². The second-order valence-electron chi connectivity index (χ2n) is 5.06. The van der Waals surface area contributed by atoms with Crippen LogP contribution in [0.1, 0.15) is 15.9 Å². The predicted octanol–water partition coefficient (Wildman–Crippen LogP) is 3.63. The van der Waals surface area contributed by atoms with E-state index in [9.17, 15) is 14.3 Å². The lowest BCUT2D eigenvalue weighted by Gasteiger charge is -2.10. The van der Waals surface area contributed by atoms with Crippen molar-refractivity contribution in [2.24, 2.45) is 0 Å². The second-order valence-corrected chi connectivity index (χ2v) is 5.06. The number of nitrogens with zero attached hydrogens (tertiary/aromatic N) is 1. The number of carboxylic acids is 1. The summed E-state index contributed by atoms with van der Waals surface area (Å²) in [6, 6.07) is 9.93. The van der Waals surface area contributed by atoms with Crippen LogP contribution in [0.25, 0.3) is 21.9 Å². The van der Waals surface area contributed by atoms with Gasteiger partial charge in [0.25, 0.3) is 0 Å². The highest BCUT2D eigenvalue weighted by atomic mass is 19.1. The molecule has 4 nitrogen and oxygen atoms in total. The van der Waals surface area contributed by atoms with Gasteiger partial charge in [0, 0.05) is 22.5 Å². The molecule has 3 rings (SSSR count). The SMILES string of the molecule is Cc1cccc(F)c1-c1ccc2c(C(=O)O)c(N)ncc2c1. The van der Waals surface area contributed by atoms with E-state index >= 15 is 0 Å². The van der Waals surface area contributed by atoms with Crippen molar-refractivity contribution in [2.45, 2.75) is 6.92 Å². The molecular formula is C17H13FN2O2. The van der Waals surface area contributed by atoms with E-state index in [0.717, 1.165) is 5.56 Å². The van der Waals surface area contributed by atoms with Gasteiger partial charge in [-0.05, 0) is 30.2 Å². The number of carboxylic acid groups (broad SMARTS) is 1. The van der Waals surface area contributed by atoms with Crippen molar-refractivity contribution in [1.82, 2.24) is 4.98 Å². The zero-order valence-electron chi connectivity index (χ0n) is 11.8. The quantitative estimate of drug-likeness (QED) is 0.757. The number of rotatable bonds is 2. The fraction of sp³-hybridized carbons (Fsp3) is 0.0588. The van der Waals surface area contributed by atoms with Gasteiger partial charge in [-0.25, -0.2) is 14.2 Å². The van der Waals surface area contributed by atoms with Crippen molar-refractivity contribution in [3.8, 4) is 11.1 Å². The maximum atomic E-state index is 14.1. The summed E-state index contributed by atoms with van der Waals surface area (Å²) in [5, 5.41) is 10.3. The minimum Gasteiger partial charge on any atom is -0.478 e. The van der Waals surface area contributed by atoms with Crippen LogP contribution in [0, 0.1) is 12.7 Å². The molecule has 0 unspecified atom stereocenters. The zero-order chi connectivity index (χ0) is 15.9. The van der Waals surface area contributed by atoms with Crippen LogP contribution >= 0.6 is 0 Å². The minimum absolute atomic E-state index is 0.0326. The number of halogens is 1. The van der Waals surface area contributed by atoms with Gasteiger partial charge < -0.3 is 10.8 Å². The number of hydrogen-bond acceptors (Lipinski definition) is 3. The topological polar surface area (TPSA) is 76.2 Å². The number of nitrogen functional groups attached to an aromatic ring is 1. The van der Waals surface area contributed by atoms with Crippen LogP contribution in [0.5, 0.6) is 0 Å². The van der Waals surface area contributed by atoms with E-state index in [2.05, 4.69) is 4.98 Å². The van der Waals surface area contributed by atoms with Crippen LogP contribution in [0.2, 0.25) is 0 Å². The highest BCUT2D eigenvalue weighted by molar-refractivity contribution is 6.07. The molecule has 0 amide bonds. The molecule has 0 aliphatic rings. The lowest BCUT2D eigenvalue weighted by Crippen LogP contribution is -2.05. The molecule has 1 heterocycles. The molecule has 5 heteroatoms. The second kappa shape index (κ2) is 5.11. The Bertz CT molecular complexity index is 886. The fourth-order valence-corrected chi connectivity index (χ4v) is 2.62. The van der Waals surface area contributed by atoms with Gasteiger partial charge in [-0.1, -0.05) is 24.3 Å². The molecule has 0 aliphatic carbocycles. The molecule has 3 aromatic rings. The first-order valence-electron chi connectivity index (χ1n) is 6.66. The Morgan fingerprint density at radius 2 is 2.05 bits per heavy atom. The summed E-state index contributed by atoms with van der Waals surface area (Å²) in [6.07, 6.45) is 1.50. The number of anilines is 1. The molecule has 110 valence electrons. The Balaban J connectivity index is 2.28. The van der Waals surface area contributed by atoms with E-state index in [1.54, 1.807) is 24.3 Å². The van der Waals surface area contributed by atoms with E-state index < -0.39 is 5.97 Å². The first-order valence-corrected chi connectivity index (χ1v) is 6.66. The smallest absolute Gasteiger partial charge is 0.340 e. The molecule has 0 atom stereocenters. The van der Waals surface area contributed by atoms with Gasteiger partial charge in [0.15, 0.2) is 0 Å². The highest BCUT2D eigenvalue weighted by Crippen LogP contribution is 2.31. The maximum absolute atomic E-state index is 14.1. The summed E-state index contributed by atoms with van der Waals surface area (Å²) >= 11 is 0. The normalized spacial score (nSPS) is 10.8. The van der Waals surface area contributed by atoms with Crippen molar-refractivity contribution < 1.29 is 14.3 Å². The summed E-state index contributed by atoms with van der Waals surface area (Å²) in [5.41, 5.74) is 7.58. The molecule has 0 aliphatic heterocycles. The Morgan fingerprint density at radius 3 is 2.73 bits per heavy atom. The van der Waals surface area contributed by atoms with Gasteiger partial charge in [-0.2, -0.15) is 0 Å². The van der Waals surface area contributed by atoms with Crippen molar-refractivity contribution in [1.29, 1.82) is 0 Å². The van der Waals surface area contributed by atoms with E-state index in [1.165, 1.54) is 12.3 Å². The van der Waals surface area contributed by atoms with Crippen LogP contribution in [0.15, 0.2) is 42.6 Å². The summed E-state index contributed by atoms with van der Waals surface area (Å²) < 4.78 is 14.1. The standard InChI is InChI=1S/C17H13FN2O2/c1-9-3-2-4-13(18)14(9)10-5-6-12-11(7-10)8-20-16(19)15(12)17(21)22/h2-8H,1H3,(H2,19,20)(H,21,22). The molecule has 2 aromatic carbocycles. The number of pyridine rings is 1. The average Bonchev–Trinajstić information content (AvgIpc) is 2.46. The lowest BCUT2D eigenvalue weighted by molar-refractivity contribution is 0.0700. The van der Waals surface area contributed by atoms with Crippen LogP contribution in [-0.4, -0.2) is 16.1 Å². The Labute approximate surface area is 126 Å². The number of aryl methyl sites for hydroxylation is 1. The van der Waals surface area contributed by atoms with Crippen molar-refractivity contribution in [3.05, 3.63) is 59.5 Å². The molecule has 0 spiro atoms. The summed E-state index contributed by atoms with van der Waals surface area (Å²) in [5.74, 6) is -1.48. The number of fused-ring (bicyclic) bond motifs is 1. The summed E-state index contributed by atoms with van der Waals surface area (Å²) in [7, 11) is 0. The monoisotopic (exact) mass is 296 g/mol. The molecule has 0 fully saturated rings. The van der Waals surface area contributed by atoms with Crippen LogP contribution in [0.4, 0.5) is 10.2 Å². The first-order chi connectivity index (χ1) is 10.5. The molecule has 1 aromatic heterocycles. The molecule has 0 bridgehead atoms. The molecule has 3 N–H and O–H groups in total. The molecule has 0 saturated heterocycles. The first kappa shape index (κ1) is 14.0. The maximum Gasteiger partial charge on any atom is 0.340 e. The van der Waals surface area contributed by atoms with E-state index in [4.69, 9.17) is 5.73 Å². The third-order valence-electron chi connectivity index (χ3n) is 3.64. The lowest BCUT2D eigenvalue weighted by atomic mass is 9.96. The minimum atomic E-state index is -1.13. The van der Waals surface area contributed by atoms with Crippen molar-refractivity contribution in [3.63, 3.8) is 0 Å². The van der Waals surface area contributed by atoms with Gasteiger partial charge >= 0.3 is 5.97 Å². The number of aromatic nitrogens is 1. The zero-order valence-corrected chi connectivity index (χ0v) is 11.8. The van der Waals surface area contributed by atoms with Gasteiger partial charge in [0.05, 0.1) is 0 Å². The highest BCUT2D eigenvalue weighted by Gasteiger charge is 2.15. The van der Waals surface area contributed by atoms with E-state index in [0.29, 0.717) is 21.9 Å². The fourth-order valence-electron chi connectivity index (χ4n) is 2.62. The van der Waals surface area contributed by atoms with Gasteiger partial charge in [-0.15, -0.1) is 0 Å². The third-order valence-corrected chi connectivity index (χ3v) is 3.64. The average molecular weight is 296 g/mol. The largest absolute Gasteiger partial charge is 0.478 e. The summed E-state index contributed by atoms with van der Waals surface area (Å²) in [4.78, 5) is 15.2. The number of benzene rings is 2. The number of aromatic carboxylic acids is 1. The number of nitrogens with two attached hydrogens (primary N) is 1. The third kappa shape index (κ3) is 2.16. The Hall–Kier alpha value is -2.95. The van der Waals surface area contributed by atoms with Crippen LogP contribution in [0.3, 0.4) is 0 Å². The van der Waals surface area contributed by atoms with Crippen molar-refractivity contribution in [2.75, 3.05) is 5.73 Å². The molecule has 0 saturated carbocycles. The van der Waals surface area contributed by atoms with Crippen molar-refractivity contribution >= 4 is 22.6 Å². The van der Waals surface area contributed by atoms with Crippen LogP contribution < -0.4 is 5.73 Å². The number of carbonyl (C=O) groups is 1. The van der Waals surface area contributed by atoms with E-state index in [-0.39, 0.29) is 17.2 Å². The van der Waals surface area contributed by atoms with Crippen LogP contribution in [-0.2, 0) is 0 Å². The molecule has 0 radical (unpaired) electrons. The van der Waals surface area contributed by atoms with E-state index in [1.807, 2.05) is 13.0 Å². The molecule has 22 heavy (non-hydrogen) atoms. The molecular weight excluding hydrogens is 283 g/mol. The van der Waals surface area contributed by atoms with Gasteiger partial charge in [0.1, 0.15) is 17.2 Å². The Kier molecular flexibility index (Phi) is 3.25.